The number of rotatable bonds is 7. The van der Waals surface area contributed by atoms with Gasteiger partial charge in [-0.15, -0.1) is 0 Å². The average molecular weight is 188 g/mol. The van der Waals surface area contributed by atoms with Crippen LogP contribution in [0.2, 0.25) is 5.04 Å². The summed E-state index contributed by atoms with van der Waals surface area (Å²) in [6.07, 6.45) is 7.43. The van der Waals surface area contributed by atoms with E-state index in [0.29, 0.717) is 5.04 Å². The van der Waals surface area contributed by atoms with Crippen LogP contribution in [-0.2, 0) is 0 Å². The zero-order valence-corrected chi connectivity index (χ0v) is 10.3. The van der Waals surface area contributed by atoms with Crippen LogP contribution in [-0.4, -0.2) is 14.6 Å². The fourth-order valence-corrected chi connectivity index (χ4v) is 3.74. The summed E-state index contributed by atoms with van der Waals surface area (Å²) in [4.78, 5) is 9.51. The molecule has 0 aromatic carbocycles. The molecule has 74 valence electrons. The molecule has 0 aliphatic carbocycles. The first-order chi connectivity index (χ1) is 5.74. The Morgan fingerprint density at radius 1 is 0.917 bits per heavy atom. The van der Waals surface area contributed by atoms with E-state index in [9.17, 15) is 4.80 Å². The van der Waals surface area contributed by atoms with Crippen molar-refractivity contribution in [2.45, 2.75) is 64.3 Å². The van der Waals surface area contributed by atoms with Gasteiger partial charge in [0.25, 0.3) is 0 Å². The zero-order valence-electron chi connectivity index (χ0n) is 8.90. The van der Waals surface area contributed by atoms with Crippen molar-refractivity contribution in [3.8, 4) is 0 Å². The van der Waals surface area contributed by atoms with Crippen LogP contribution >= 0.6 is 0 Å². The molecular weight excluding hydrogens is 164 g/mol. The van der Waals surface area contributed by atoms with Crippen molar-refractivity contribution in [3.05, 3.63) is 0 Å². The second kappa shape index (κ2) is 6.67. The van der Waals surface area contributed by atoms with Crippen molar-refractivity contribution in [2.75, 3.05) is 0 Å². The van der Waals surface area contributed by atoms with Crippen molar-refractivity contribution < 1.29 is 4.80 Å². The molecule has 0 aromatic heterocycles. The maximum Gasteiger partial charge on any atom is 0.162 e. The summed E-state index contributed by atoms with van der Waals surface area (Å²) in [5.41, 5.74) is 0. The Morgan fingerprint density at radius 2 is 1.25 bits per heavy atom. The van der Waals surface area contributed by atoms with Gasteiger partial charge in [0.1, 0.15) is 0 Å². The van der Waals surface area contributed by atoms with Gasteiger partial charge in [0, 0.05) is 0 Å². The number of hydrogen-bond acceptors (Lipinski definition) is 1. The maximum absolute atomic E-state index is 9.51. The second-order valence-corrected chi connectivity index (χ2v) is 5.72. The molecule has 0 bridgehead atoms. The summed E-state index contributed by atoms with van der Waals surface area (Å²) in [6.45, 7) is 6.68. The van der Waals surface area contributed by atoms with Crippen LogP contribution in [0, 0.1) is 0 Å². The smallest absolute Gasteiger partial charge is 0.162 e. The van der Waals surface area contributed by atoms with E-state index in [4.69, 9.17) is 0 Å². The lowest BCUT2D eigenvalue weighted by atomic mass is 9.92. The second-order valence-electron chi connectivity index (χ2n) is 3.91. The monoisotopic (exact) mass is 188 g/mol. The van der Waals surface area contributed by atoms with E-state index in [-0.39, 0.29) is 0 Å². The molecule has 0 unspecified atom stereocenters. The first kappa shape index (κ1) is 12.2. The lowest BCUT2D eigenvalue weighted by Crippen LogP contribution is -2.20. The Labute approximate surface area is 79.5 Å². The van der Waals surface area contributed by atoms with Gasteiger partial charge >= 0.3 is 0 Å². The summed E-state index contributed by atoms with van der Waals surface area (Å²) in [6, 6.07) is 0. The lowest BCUT2D eigenvalue weighted by Gasteiger charge is -2.30. The predicted molar refractivity (Wildman–Crippen MR) is 58.2 cm³/mol. The molecule has 0 heterocycles. The average Bonchev–Trinajstić information content (AvgIpc) is 2.06. The third-order valence-corrected chi connectivity index (χ3v) is 4.41. The molecule has 0 radical (unpaired) electrons. The highest BCUT2D eigenvalue weighted by molar-refractivity contribution is 6.30. The van der Waals surface area contributed by atoms with Crippen LogP contribution in [0.4, 0.5) is 0 Å². The molecule has 0 rings (SSSR count). The molecule has 0 aliphatic rings. The largest absolute Gasteiger partial charge is 0.438 e. The molecule has 1 N–H and O–H groups in total. The van der Waals surface area contributed by atoms with E-state index >= 15 is 0 Å². The molecule has 0 aromatic rings. The van der Waals surface area contributed by atoms with Crippen molar-refractivity contribution in [2.24, 2.45) is 0 Å². The third-order valence-electron chi connectivity index (χ3n) is 2.68. The van der Waals surface area contributed by atoms with Crippen molar-refractivity contribution in [1.29, 1.82) is 0 Å². The van der Waals surface area contributed by atoms with Gasteiger partial charge in [0.05, 0.1) is 0 Å². The fraction of sp³-hybridized carbons (Fsp3) is 1.00. The Balaban J connectivity index is 4.06. The van der Waals surface area contributed by atoms with Crippen molar-refractivity contribution >= 4 is 9.76 Å². The SMILES string of the molecule is CCCC(CCC)(CCC)[SiH2]O. The molecule has 0 amide bonds. The van der Waals surface area contributed by atoms with E-state index in [0.717, 1.165) is 0 Å². The van der Waals surface area contributed by atoms with Crippen LogP contribution in [0.25, 0.3) is 0 Å². The molecule has 0 fully saturated rings. The highest BCUT2D eigenvalue weighted by Crippen LogP contribution is 2.40. The molecule has 2 heteroatoms. The van der Waals surface area contributed by atoms with Gasteiger partial charge in [-0.05, 0) is 24.3 Å². The van der Waals surface area contributed by atoms with Gasteiger partial charge in [-0.2, -0.15) is 0 Å². The van der Waals surface area contributed by atoms with Crippen molar-refractivity contribution in [3.63, 3.8) is 0 Å². The highest BCUT2D eigenvalue weighted by Gasteiger charge is 2.26. The molecule has 0 spiro atoms. The van der Waals surface area contributed by atoms with Crippen LogP contribution in [0.5, 0.6) is 0 Å². The zero-order chi connectivity index (χ0) is 9.45. The van der Waals surface area contributed by atoms with Crippen LogP contribution in [0.3, 0.4) is 0 Å². The Hall–Kier alpha value is 0.177. The molecule has 1 nitrogen and oxygen atoms in total. The van der Waals surface area contributed by atoms with E-state index in [1.165, 1.54) is 38.5 Å². The minimum absolute atomic E-state index is 0.387. The summed E-state index contributed by atoms with van der Waals surface area (Å²) in [5, 5.41) is 0.387. The standard InChI is InChI=1S/C10H24OSi/c1-4-7-10(12-11,8-5-2)9-6-3/h11H,4-9,12H2,1-3H3. The Morgan fingerprint density at radius 3 is 1.42 bits per heavy atom. The molecule has 12 heavy (non-hydrogen) atoms. The predicted octanol–water partition coefficient (Wildman–Crippen LogP) is 2.62. The summed E-state index contributed by atoms with van der Waals surface area (Å²) >= 11 is 0. The van der Waals surface area contributed by atoms with E-state index < -0.39 is 9.76 Å². The minimum atomic E-state index is -0.812. The van der Waals surface area contributed by atoms with Gasteiger partial charge < -0.3 is 4.80 Å². The van der Waals surface area contributed by atoms with Gasteiger partial charge in [-0.3, -0.25) is 0 Å². The Bertz CT molecular complexity index is 87.0. The normalized spacial score (nSPS) is 13.0. The molecule has 0 aliphatic heterocycles. The lowest BCUT2D eigenvalue weighted by molar-refractivity contribution is 0.385. The fourth-order valence-electron chi connectivity index (χ4n) is 2.20. The summed E-state index contributed by atoms with van der Waals surface area (Å²) < 4.78 is 0. The Kier molecular flexibility index (Phi) is 6.77. The molecule has 0 saturated heterocycles. The first-order valence-corrected chi connectivity index (χ1v) is 6.69. The molecular formula is C10H24OSi. The maximum atomic E-state index is 9.51. The van der Waals surface area contributed by atoms with Crippen LogP contribution in [0.1, 0.15) is 59.3 Å². The topological polar surface area (TPSA) is 20.2 Å². The third kappa shape index (κ3) is 3.72. The van der Waals surface area contributed by atoms with Crippen LogP contribution in [0.15, 0.2) is 0 Å². The summed E-state index contributed by atoms with van der Waals surface area (Å²) in [5.74, 6) is 0. The highest BCUT2D eigenvalue weighted by atomic mass is 28.2. The van der Waals surface area contributed by atoms with Crippen LogP contribution < -0.4 is 0 Å². The van der Waals surface area contributed by atoms with E-state index in [1.807, 2.05) is 0 Å². The van der Waals surface area contributed by atoms with Crippen molar-refractivity contribution in [1.82, 2.24) is 0 Å². The summed E-state index contributed by atoms with van der Waals surface area (Å²) in [7, 11) is -0.812. The first-order valence-electron chi connectivity index (χ1n) is 5.35. The van der Waals surface area contributed by atoms with E-state index in [1.54, 1.807) is 0 Å². The minimum Gasteiger partial charge on any atom is -0.438 e. The quantitative estimate of drug-likeness (QED) is 0.609. The molecule has 0 saturated carbocycles. The van der Waals surface area contributed by atoms with Gasteiger partial charge in [0.2, 0.25) is 0 Å². The van der Waals surface area contributed by atoms with E-state index in [2.05, 4.69) is 20.8 Å². The van der Waals surface area contributed by atoms with Gasteiger partial charge in [0.15, 0.2) is 9.76 Å². The molecule has 0 atom stereocenters. The van der Waals surface area contributed by atoms with Gasteiger partial charge in [-0.1, -0.05) is 40.0 Å². The van der Waals surface area contributed by atoms with Gasteiger partial charge in [-0.25, -0.2) is 0 Å². The number of hydrogen-bond donors (Lipinski definition) is 1.